The molecule has 0 fully saturated rings. The number of amides is 2. The lowest BCUT2D eigenvalue weighted by Crippen LogP contribution is -2.54. The molecule has 0 radical (unpaired) electrons. The van der Waals surface area contributed by atoms with Crippen LogP contribution in [0.15, 0.2) is 77.3 Å². The van der Waals surface area contributed by atoms with Crippen LogP contribution < -0.4 is 19.1 Å². The zero-order valence-corrected chi connectivity index (χ0v) is 27.3. The summed E-state index contributed by atoms with van der Waals surface area (Å²) < 4.78 is 38.4. The minimum Gasteiger partial charge on any atom is -0.454 e. The number of rotatable bonds is 12. The van der Waals surface area contributed by atoms with E-state index in [1.165, 1.54) is 4.31 Å². The normalized spacial score (nSPS) is 13.3. The highest BCUT2D eigenvalue weighted by Crippen LogP contribution is 2.36. The van der Waals surface area contributed by atoms with Gasteiger partial charge in [0, 0.05) is 42.0 Å². The molecule has 0 unspecified atom stereocenters. The summed E-state index contributed by atoms with van der Waals surface area (Å²) in [5, 5.41) is 3.06. The molecule has 3 aromatic rings. The molecule has 11 heteroatoms. The van der Waals surface area contributed by atoms with Gasteiger partial charge in [-0.15, -0.1) is 0 Å². The Kier molecular flexibility index (Phi) is 10.4. The predicted molar refractivity (Wildman–Crippen MR) is 171 cm³/mol. The number of nitrogens with zero attached hydrogens (tertiary/aromatic N) is 2. The zero-order valence-electron chi connectivity index (χ0n) is 24.9. The van der Waals surface area contributed by atoms with Crippen LogP contribution in [0.2, 0.25) is 0 Å². The Bertz CT molecular complexity index is 1520. The molecule has 230 valence electrons. The Labute approximate surface area is 262 Å². The molecule has 9 nitrogen and oxygen atoms in total. The van der Waals surface area contributed by atoms with E-state index < -0.39 is 21.6 Å². The second kappa shape index (κ2) is 13.8. The molecular formula is C32H38BrN3O6S. The molecule has 1 heterocycles. The lowest BCUT2D eigenvalue weighted by molar-refractivity contribution is -0.142. The standard InChI is InChI=1S/C32H38BrN3O6S/c1-32(2,3)34-31(38)27(19-23-9-6-5-7-10-23)35(21-24-12-14-25(33)15-13-24)30(37)11-8-18-36(43(4,39)40)26-16-17-28-29(20-26)42-22-41-28/h5-7,9-10,12-17,20,27H,8,11,18-19,21-22H2,1-4H3,(H,34,38)/t27-/m0/s1. The molecule has 3 aromatic carbocycles. The highest BCUT2D eigenvalue weighted by atomic mass is 79.9. The number of ether oxygens (including phenoxy) is 2. The fourth-order valence-corrected chi connectivity index (χ4v) is 6.06. The third-order valence-electron chi connectivity index (χ3n) is 6.83. The van der Waals surface area contributed by atoms with Crippen LogP contribution in [0, 0.1) is 0 Å². The monoisotopic (exact) mass is 671 g/mol. The summed E-state index contributed by atoms with van der Waals surface area (Å²) >= 11 is 3.46. The molecular weight excluding hydrogens is 634 g/mol. The summed E-state index contributed by atoms with van der Waals surface area (Å²) in [6, 6.07) is 21.4. The molecule has 1 N–H and O–H groups in total. The summed E-state index contributed by atoms with van der Waals surface area (Å²) in [4.78, 5) is 29.3. The minimum absolute atomic E-state index is 0.0428. The van der Waals surface area contributed by atoms with Crippen LogP contribution in [-0.2, 0) is 32.6 Å². The van der Waals surface area contributed by atoms with Gasteiger partial charge in [-0.1, -0.05) is 58.4 Å². The number of sulfonamides is 1. The maximum Gasteiger partial charge on any atom is 0.243 e. The van der Waals surface area contributed by atoms with Crippen LogP contribution in [-0.4, -0.2) is 56.3 Å². The lowest BCUT2D eigenvalue weighted by Gasteiger charge is -2.34. The summed E-state index contributed by atoms with van der Waals surface area (Å²) in [6.45, 7) is 6.09. The number of carbonyl (C=O) groups excluding carboxylic acids is 2. The molecule has 0 bridgehead atoms. The van der Waals surface area contributed by atoms with Crippen LogP contribution in [0.5, 0.6) is 11.5 Å². The molecule has 0 aromatic heterocycles. The van der Waals surface area contributed by atoms with Crippen LogP contribution in [0.25, 0.3) is 0 Å². The first kappa shape index (κ1) is 32.3. The van der Waals surface area contributed by atoms with Crippen molar-refractivity contribution >= 4 is 43.5 Å². The van der Waals surface area contributed by atoms with E-state index in [-0.39, 0.29) is 44.5 Å². The number of hydrogen-bond acceptors (Lipinski definition) is 6. The smallest absolute Gasteiger partial charge is 0.243 e. The predicted octanol–water partition coefficient (Wildman–Crippen LogP) is 5.28. The molecule has 4 rings (SSSR count). The molecule has 0 aliphatic carbocycles. The van der Waals surface area contributed by atoms with E-state index >= 15 is 0 Å². The maximum absolute atomic E-state index is 14.0. The van der Waals surface area contributed by atoms with Gasteiger partial charge < -0.3 is 19.7 Å². The van der Waals surface area contributed by atoms with Crippen LogP contribution in [0.1, 0.15) is 44.7 Å². The fraction of sp³-hybridized carbons (Fsp3) is 0.375. The van der Waals surface area contributed by atoms with E-state index in [1.807, 2.05) is 75.4 Å². The Morgan fingerprint density at radius 2 is 1.63 bits per heavy atom. The minimum atomic E-state index is -3.65. The number of carbonyl (C=O) groups is 2. The van der Waals surface area contributed by atoms with Crippen molar-refractivity contribution in [2.75, 3.05) is 23.9 Å². The van der Waals surface area contributed by atoms with Crippen molar-refractivity contribution in [1.82, 2.24) is 10.2 Å². The zero-order chi connectivity index (χ0) is 31.2. The summed E-state index contributed by atoms with van der Waals surface area (Å²) in [7, 11) is -3.65. The van der Waals surface area contributed by atoms with Crippen molar-refractivity contribution in [3.8, 4) is 11.5 Å². The van der Waals surface area contributed by atoms with Gasteiger partial charge in [0.05, 0.1) is 11.9 Å². The fourth-order valence-electron chi connectivity index (χ4n) is 4.84. The number of halogens is 1. The molecule has 2 amide bonds. The highest BCUT2D eigenvalue weighted by Gasteiger charge is 2.32. The van der Waals surface area contributed by atoms with Gasteiger partial charge in [0.25, 0.3) is 0 Å². The topological polar surface area (TPSA) is 105 Å². The van der Waals surface area contributed by atoms with Crippen LogP contribution in [0.3, 0.4) is 0 Å². The Morgan fingerprint density at radius 1 is 0.953 bits per heavy atom. The van der Waals surface area contributed by atoms with E-state index in [0.29, 0.717) is 23.6 Å². The van der Waals surface area contributed by atoms with Crippen molar-refractivity contribution < 1.29 is 27.5 Å². The first-order valence-corrected chi connectivity index (χ1v) is 16.7. The Hall–Kier alpha value is -3.57. The first-order chi connectivity index (χ1) is 20.3. The molecule has 0 saturated heterocycles. The van der Waals surface area contributed by atoms with E-state index in [0.717, 1.165) is 21.9 Å². The lowest BCUT2D eigenvalue weighted by atomic mass is 10.00. The number of hydrogen-bond donors (Lipinski definition) is 1. The molecule has 1 aliphatic heterocycles. The van der Waals surface area contributed by atoms with Crippen molar-refractivity contribution in [2.24, 2.45) is 0 Å². The van der Waals surface area contributed by atoms with E-state index in [9.17, 15) is 18.0 Å². The number of fused-ring (bicyclic) bond motifs is 1. The van der Waals surface area contributed by atoms with Gasteiger partial charge in [0.2, 0.25) is 28.6 Å². The van der Waals surface area contributed by atoms with E-state index in [4.69, 9.17) is 9.47 Å². The average molecular weight is 673 g/mol. The molecule has 1 atom stereocenters. The number of anilines is 1. The van der Waals surface area contributed by atoms with Gasteiger partial charge in [-0.05, 0) is 62.6 Å². The second-order valence-corrected chi connectivity index (χ2v) is 14.4. The van der Waals surface area contributed by atoms with Crippen molar-refractivity contribution in [3.05, 3.63) is 88.4 Å². The van der Waals surface area contributed by atoms with Crippen molar-refractivity contribution in [1.29, 1.82) is 0 Å². The van der Waals surface area contributed by atoms with E-state index in [1.54, 1.807) is 23.1 Å². The van der Waals surface area contributed by atoms with Gasteiger partial charge >= 0.3 is 0 Å². The van der Waals surface area contributed by atoms with Crippen LogP contribution in [0.4, 0.5) is 5.69 Å². The van der Waals surface area contributed by atoms with Gasteiger partial charge in [0.1, 0.15) is 6.04 Å². The third-order valence-corrected chi connectivity index (χ3v) is 8.55. The maximum atomic E-state index is 14.0. The third kappa shape index (κ3) is 9.21. The summed E-state index contributed by atoms with van der Waals surface area (Å²) in [6.07, 6.45) is 1.75. The largest absolute Gasteiger partial charge is 0.454 e. The molecule has 0 saturated carbocycles. The SMILES string of the molecule is CC(C)(C)NC(=O)[C@H](Cc1ccccc1)N(Cc1ccc(Br)cc1)C(=O)CCCN(c1ccc2c(c1)OCO2)S(C)(=O)=O. The molecule has 0 spiro atoms. The average Bonchev–Trinajstić information content (AvgIpc) is 3.41. The van der Waals surface area contributed by atoms with E-state index in [2.05, 4.69) is 21.2 Å². The second-order valence-electron chi connectivity index (χ2n) is 11.6. The van der Waals surface area contributed by atoms with Gasteiger partial charge in [-0.25, -0.2) is 8.42 Å². The Morgan fingerprint density at radius 3 is 2.28 bits per heavy atom. The van der Waals surface area contributed by atoms with Crippen LogP contribution >= 0.6 is 15.9 Å². The highest BCUT2D eigenvalue weighted by molar-refractivity contribution is 9.10. The molecule has 43 heavy (non-hydrogen) atoms. The number of nitrogens with one attached hydrogen (secondary N) is 1. The summed E-state index contributed by atoms with van der Waals surface area (Å²) in [5.74, 6) is 0.525. The van der Waals surface area contributed by atoms with Crippen molar-refractivity contribution in [2.45, 2.75) is 58.2 Å². The number of benzene rings is 3. The van der Waals surface area contributed by atoms with Gasteiger partial charge in [-0.3, -0.25) is 13.9 Å². The van der Waals surface area contributed by atoms with Gasteiger partial charge in [0.15, 0.2) is 11.5 Å². The first-order valence-electron chi connectivity index (χ1n) is 14.1. The van der Waals surface area contributed by atoms with Gasteiger partial charge in [-0.2, -0.15) is 0 Å². The summed E-state index contributed by atoms with van der Waals surface area (Å²) in [5.41, 5.74) is 1.73. The quantitative estimate of drug-likeness (QED) is 0.281. The molecule has 1 aliphatic rings. The van der Waals surface area contributed by atoms with Crippen molar-refractivity contribution in [3.63, 3.8) is 0 Å². The Balaban J connectivity index is 1.58.